The standard InChI is InChI=1S/C12HBF10O3.C6F5.C6H4F.BrH.Mg/c14-1-3(16)7(20)11(8(21)4(1)17)25-13(24)26-12-9(22)5(18)2(15)6(19)10(12)23;7-2-1-3(8)5(10)6(11)4(2)9;7-6-4-2-1-3-5-6;;/h24H;;2-5H;1H;/q;2*-1;;+2. The van der Waals surface area contributed by atoms with Crippen LogP contribution in [0.25, 0.3) is 0 Å². The third-order valence-corrected chi connectivity index (χ3v) is 4.44. The van der Waals surface area contributed by atoms with Crippen LogP contribution in [0.2, 0.25) is 0 Å². The van der Waals surface area contributed by atoms with Gasteiger partial charge in [-0.3, -0.25) is 8.78 Å². The van der Waals surface area contributed by atoms with E-state index in [2.05, 4.69) is 15.4 Å². The van der Waals surface area contributed by atoms with Crippen molar-refractivity contribution in [3.63, 3.8) is 0 Å². The molecular formula is C24H6BBrF16MgO3. The van der Waals surface area contributed by atoms with Crippen LogP contribution in [-0.2, 0) is 0 Å². The van der Waals surface area contributed by atoms with Crippen molar-refractivity contribution in [2.45, 2.75) is 0 Å². The maximum absolute atomic E-state index is 13.3. The van der Waals surface area contributed by atoms with Gasteiger partial charge in [0.05, 0.1) is 29.1 Å². The second kappa shape index (κ2) is 18.1. The van der Waals surface area contributed by atoms with Crippen molar-refractivity contribution < 1.29 is 84.6 Å². The molecule has 0 radical (unpaired) electrons. The largest absolute Gasteiger partial charge is 2.00 e. The zero-order chi connectivity index (χ0) is 33.6. The number of hydrogen-bond donors (Lipinski definition) is 1. The van der Waals surface area contributed by atoms with E-state index in [4.69, 9.17) is 5.02 Å². The second-order valence-corrected chi connectivity index (χ2v) is 7.25. The molecule has 0 saturated heterocycles. The van der Waals surface area contributed by atoms with Gasteiger partial charge in [0, 0.05) is 5.82 Å². The molecule has 0 amide bonds. The normalized spacial score (nSPS) is 9.93. The van der Waals surface area contributed by atoms with Crippen LogP contribution in [-0.4, -0.2) is 35.4 Å². The fourth-order valence-corrected chi connectivity index (χ4v) is 2.46. The molecule has 0 spiro atoms. The summed E-state index contributed by atoms with van der Waals surface area (Å²) >= 11 is 0. The topological polar surface area (TPSA) is 38.7 Å². The third-order valence-electron chi connectivity index (χ3n) is 4.44. The molecule has 46 heavy (non-hydrogen) atoms. The number of benzene rings is 4. The van der Waals surface area contributed by atoms with Crippen LogP contribution in [0.3, 0.4) is 0 Å². The molecule has 22 heteroatoms. The smallest absolute Gasteiger partial charge is 0.496 e. The second-order valence-electron chi connectivity index (χ2n) is 7.25. The summed E-state index contributed by atoms with van der Waals surface area (Å²) in [5.41, 5.74) is 0. The Bertz CT molecular complexity index is 1510. The van der Waals surface area contributed by atoms with E-state index < -0.39 is 106 Å². The van der Waals surface area contributed by atoms with E-state index in [1.54, 1.807) is 0 Å². The summed E-state index contributed by atoms with van der Waals surface area (Å²) in [6, 6.07) is 9.51. The SMILES string of the molecule is Br.Fc1[c-]c(F)c(F)c(F)c1F.Fc1cc[c-]cc1.OB(Oc1c(F)c(F)c(F)c(F)c1F)Oc1c(F)c(F)c(F)c(F)c1F.[Mg+2]. The molecule has 0 aliphatic heterocycles. The van der Waals surface area contributed by atoms with Gasteiger partial charge in [0.25, 0.3) is 0 Å². The van der Waals surface area contributed by atoms with E-state index in [-0.39, 0.29) is 45.9 Å². The number of rotatable bonds is 4. The van der Waals surface area contributed by atoms with Crippen molar-refractivity contribution in [2.75, 3.05) is 0 Å². The fourth-order valence-electron chi connectivity index (χ4n) is 2.46. The molecule has 0 aromatic heterocycles. The molecule has 4 aromatic rings. The summed E-state index contributed by atoms with van der Waals surface area (Å²) in [6.45, 7) is 0. The van der Waals surface area contributed by atoms with Gasteiger partial charge in [0.2, 0.25) is 58.2 Å². The van der Waals surface area contributed by atoms with Crippen LogP contribution in [0, 0.1) is 105 Å². The van der Waals surface area contributed by atoms with Crippen molar-refractivity contribution >= 4 is 47.4 Å². The Morgan fingerprint density at radius 2 is 0.717 bits per heavy atom. The van der Waals surface area contributed by atoms with Gasteiger partial charge in [0.15, 0.2) is 11.5 Å². The van der Waals surface area contributed by atoms with Crippen LogP contribution in [0.4, 0.5) is 70.2 Å². The van der Waals surface area contributed by atoms with E-state index in [0.717, 1.165) is 6.07 Å². The van der Waals surface area contributed by atoms with Crippen LogP contribution in [0.5, 0.6) is 11.5 Å². The fraction of sp³-hybridized carbons (Fsp3) is 0. The Morgan fingerprint density at radius 1 is 0.457 bits per heavy atom. The molecule has 0 atom stereocenters. The monoisotopic (exact) mass is 760 g/mol. The summed E-state index contributed by atoms with van der Waals surface area (Å²) in [5.74, 6) is -40.0. The van der Waals surface area contributed by atoms with Crippen molar-refractivity contribution in [1.29, 1.82) is 0 Å². The molecule has 0 fully saturated rings. The van der Waals surface area contributed by atoms with Crippen molar-refractivity contribution in [3.8, 4) is 11.5 Å². The Kier molecular flexibility index (Phi) is 16.8. The van der Waals surface area contributed by atoms with Crippen LogP contribution in [0.1, 0.15) is 0 Å². The molecule has 244 valence electrons. The Hall–Kier alpha value is -3.37. The quantitative estimate of drug-likeness (QED) is 0.0770. The minimum atomic E-state index is -3.23. The molecule has 0 heterocycles. The molecule has 0 saturated carbocycles. The molecule has 0 bridgehead atoms. The number of hydrogen-bond acceptors (Lipinski definition) is 3. The summed E-state index contributed by atoms with van der Waals surface area (Å²) < 4.78 is 210. The van der Waals surface area contributed by atoms with E-state index in [0.29, 0.717) is 0 Å². The van der Waals surface area contributed by atoms with Gasteiger partial charge >= 0.3 is 30.4 Å². The summed E-state index contributed by atoms with van der Waals surface area (Å²) in [6.07, 6.45) is 0. The summed E-state index contributed by atoms with van der Waals surface area (Å²) in [5, 5.41) is 9.17. The van der Waals surface area contributed by atoms with Gasteiger partial charge in [-0.05, 0) is 0 Å². The van der Waals surface area contributed by atoms with Gasteiger partial charge in [-0.25, -0.2) is 43.9 Å². The van der Waals surface area contributed by atoms with Gasteiger partial charge in [0.1, 0.15) is 0 Å². The maximum atomic E-state index is 13.3. The first-order valence-corrected chi connectivity index (χ1v) is 10.5. The van der Waals surface area contributed by atoms with Crippen LogP contribution < -0.4 is 9.31 Å². The first kappa shape index (κ1) is 42.6. The third kappa shape index (κ3) is 9.82. The van der Waals surface area contributed by atoms with Gasteiger partial charge in [-0.15, -0.1) is 35.2 Å². The first-order chi connectivity index (χ1) is 20.4. The molecule has 4 rings (SSSR count). The molecule has 4 aromatic carbocycles. The number of halogens is 17. The Morgan fingerprint density at radius 3 is 0.978 bits per heavy atom. The molecule has 0 aliphatic rings. The van der Waals surface area contributed by atoms with Gasteiger partial charge < -0.3 is 14.3 Å². The predicted octanol–water partition coefficient (Wildman–Crippen LogP) is 7.52. The summed E-state index contributed by atoms with van der Waals surface area (Å²) in [4.78, 5) is 0. The maximum Gasteiger partial charge on any atom is 2.00 e. The zero-order valence-corrected chi connectivity index (χ0v) is 24.4. The Labute approximate surface area is 272 Å². The van der Waals surface area contributed by atoms with Gasteiger partial charge in [-0.1, -0.05) is 0 Å². The average Bonchev–Trinajstić information content (AvgIpc) is 3.00. The van der Waals surface area contributed by atoms with Crippen LogP contribution in [0.15, 0.2) is 24.3 Å². The average molecular weight is 761 g/mol. The molecule has 3 nitrogen and oxygen atoms in total. The molecule has 0 unspecified atom stereocenters. The minimum Gasteiger partial charge on any atom is -0.496 e. The van der Waals surface area contributed by atoms with E-state index >= 15 is 0 Å². The Balaban J connectivity index is 0.000000830. The zero-order valence-electron chi connectivity index (χ0n) is 21.3. The molecule has 0 aliphatic carbocycles. The van der Waals surface area contributed by atoms with Crippen molar-refractivity contribution in [1.82, 2.24) is 0 Å². The van der Waals surface area contributed by atoms with Crippen LogP contribution >= 0.6 is 17.0 Å². The van der Waals surface area contributed by atoms with E-state index in [1.807, 2.05) is 0 Å². The van der Waals surface area contributed by atoms with Crippen molar-refractivity contribution in [2.24, 2.45) is 0 Å². The molecular weight excluding hydrogens is 755 g/mol. The minimum absolute atomic E-state index is 0. The predicted molar refractivity (Wildman–Crippen MR) is 128 cm³/mol. The van der Waals surface area contributed by atoms with Crippen molar-refractivity contribution in [3.05, 3.63) is 129 Å². The first-order valence-electron chi connectivity index (χ1n) is 10.5. The van der Waals surface area contributed by atoms with E-state index in [1.165, 1.54) is 24.3 Å². The van der Waals surface area contributed by atoms with E-state index in [9.17, 15) is 70.2 Å². The summed E-state index contributed by atoms with van der Waals surface area (Å²) in [7, 11) is -3.23. The van der Waals surface area contributed by atoms with Gasteiger partial charge in [-0.2, -0.15) is 35.8 Å². The molecule has 1 N–H and O–H groups in total.